The van der Waals surface area contributed by atoms with E-state index < -0.39 is 22.2 Å². The van der Waals surface area contributed by atoms with Crippen LogP contribution in [0.4, 0.5) is 0 Å². The molecular formula is C28H29N3O3S. The highest BCUT2D eigenvalue weighted by molar-refractivity contribution is 7.89. The van der Waals surface area contributed by atoms with E-state index in [2.05, 4.69) is 6.58 Å². The summed E-state index contributed by atoms with van der Waals surface area (Å²) < 4.78 is 29.6. The minimum Gasteiger partial charge on any atom is -0.268 e. The molecule has 0 saturated carbocycles. The molecule has 180 valence electrons. The van der Waals surface area contributed by atoms with Gasteiger partial charge in [-0.3, -0.25) is 9.80 Å². The van der Waals surface area contributed by atoms with Crippen LogP contribution in [0.2, 0.25) is 0 Å². The van der Waals surface area contributed by atoms with E-state index in [1.54, 1.807) is 33.6 Å². The highest BCUT2D eigenvalue weighted by Gasteiger charge is 2.50. The third-order valence-electron chi connectivity index (χ3n) is 6.85. The van der Waals surface area contributed by atoms with Gasteiger partial charge in [0.25, 0.3) is 5.91 Å². The van der Waals surface area contributed by atoms with Gasteiger partial charge in [0.1, 0.15) is 6.17 Å². The maximum atomic E-state index is 14.0. The van der Waals surface area contributed by atoms with Crippen LogP contribution in [-0.2, 0) is 16.4 Å². The lowest BCUT2D eigenvalue weighted by atomic mass is 9.95. The molecule has 0 unspecified atom stereocenters. The van der Waals surface area contributed by atoms with E-state index in [1.807, 2.05) is 73.5 Å². The van der Waals surface area contributed by atoms with E-state index in [4.69, 9.17) is 0 Å². The largest absolute Gasteiger partial charge is 0.268 e. The van der Waals surface area contributed by atoms with Crippen LogP contribution >= 0.6 is 0 Å². The first kappa shape index (κ1) is 23.5. The lowest BCUT2D eigenvalue weighted by molar-refractivity contribution is -0.129. The first-order valence-corrected chi connectivity index (χ1v) is 13.2. The molecule has 2 atom stereocenters. The first-order valence-electron chi connectivity index (χ1n) is 11.8. The van der Waals surface area contributed by atoms with Crippen molar-refractivity contribution in [2.75, 3.05) is 13.1 Å². The molecule has 2 heterocycles. The summed E-state index contributed by atoms with van der Waals surface area (Å²) in [6, 6.07) is 23.5. The molecule has 1 saturated heterocycles. The summed E-state index contributed by atoms with van der Waals surface area (Å²) >= 11 is 0. The van der Waals surface area contributed by atoms with Crippen molar-refractivity contribution in [3.8, 4) is 0 Å². The third kappa shape index (κ3) is 4.10. The number of hydrogen-bond donors (Lipinski definition) is 0. The van der Waals surface area contributed by atoms with E-state index in [0.717, 1.165) is 22.3 Å². The van der Waals surface area contributed by atoms with Crippen molar-refractivity contribution in [3.05, 3.63) is 113 Å². The van der Waals surface area contributed by atoms with Gasteiger partial charge in [-0.15, -0.1) is 0 Å². The van der Waals surface area contributed by atoms with E-state index in [0.29, 0.717) is 18.5 Å². The topological polar surface area (TPSA) is 60.9 Å². The van der Waals surface area contributed by atoms with E-state index in [9.17, 15) is 13.2 Å². The molecule has 0 bridgehead atoms. The normalized spacial score (nSPS) is 20.7. The van der Waals surface area contributed by atoms with Gasteiger partial charge in [-0.2, -0.15) is 9.31 Å². The van der Waals surface area contributed by atoms with Gasteiger partial charge in [-0.1, -0.05) is 72.3 Å². The second-order valence-corrected chi connectivity index (χ2v) is 11.1. The summed E-state index contributed by atoms with van der Waals surface area (Å²) in [4.78, 5) is 14.1. The van der Waals surface area contributed by atoms with E-state index in [1.165, 1.54) is 0 Å². The number of nitrogens with zero attached hydrogens (tertiary/aromatic N) is 3. The van der Waals surface area contributed by atoms with Gasteiger partial charge in [0.15, 0.2) is 0 Å². The molecule has 0 N–H and O–H groups in total. The van der Waals surface area contributed by atoms with Gasteiger partial charge in [0.2, 0.25) is 10.0 Å². The molecule has 7 heteroatoms. The fourth-order valence-corrected chi connectivity index (χ4v) is 6.57. The van der Waals surface area contributed by atoms with E-state index >= 15 is 0 Å². The second kappa shape index (κ2) is 9.07. The first-order chi connectivity index (χ1) is 16.8. The number of benzene rings is 3. The lowest BCUT2D eigenvalue weighted by Gasteiger charge is -2.55. The Labute approximate surface area is 207 Å². The van der Waals surface area contributed by atoms with Crippen LogP contribution in [0.3, 0.4) is 0 Å². The van der Waals surface area contributed by atoms with Crippen LogP contribution in [-0.4, -0.2) is 47.8 Å². The standard InChI is InChI=1S/C28H29N3O3S/c1-20(2)26-19-30(35(33,34)24-15-13-21(3)14-16-24)27-25-12-8-7-9-22(25)17-18-29(27)31(26)28(32)23-10-5-4-6-11-23/h4-16,26-27H,1,17-19H2,2-3H3/t26-,27+/m1/s1. The Hall–Kier alpha value is -3.26. The van der Waals surface area contributed by atoms with Crippen molar-refractivity contribution < 1.29 is 13.2 Å². The Bertz CT molecular complexity index is 1370. The average Bonchev–Trinajstić information content (AvgIpc) is 2.87. The van der Waals surface area contributed by atoms with Crippen LogP contribution in [0.25, 0.3) is 0 Å². The van der Waals surface area contributed by atoms with E-state index in [-0.39, 0.29) is 17.3 Å². The smallest absolute Gasteiger partial charge is 0.268 e. The molecule has 1 amide bonds. The number of carbonyl (C=O) groups is 1. The second-order valence-electron chi connectivity index (χ2n) is 9.25. The highest BCUT2D eigenvalue weighted by Crippen LogP contribution is 2.42. The zero-order valence-corrected chi connectivity index (χ0v) is 20.8. The third-order valence-corrected chi connectivity index (χ3v) is 8.68. The zero-order valence-electron chi connectivity index (χ0n) is 20.0. The van der Waals surface area contributed by atoms with Gasteiger partial charge >= 0.3 is 0 Å². The van der Waals surface area contributed by atoms with Crippen LogP contribution in [0.1, 0.15) is 40.1 Å². The summed E-state index contributed by atoms with van der Waals surface area (Å²) in [5.41, 5.74) is 4.28. The SMILES string of the molecule is C=C(C)[C@H]1CN(S(=O)(=O)c2ccc(C)cc2)[C@H]2c3ccccc3CCN2N1C(=O)c1ccccc1. The maximum absolute atomic E-state index is 14.0. The molecule has 0 radical (unpaired) electrons. The Morgan fingerprint density at radius 3 is 2.29 bits per heavy atom. The molecule has 2 aliphatic heterocycles. The van der Waals surface area contributed by atoms with Crippen molar-refractivity contribution in [2.24, 2.45) is 0 Å². The summed E-state index contributed by atoms with van der Waals surface area (Å²) in [6.45, 7) is 8.57. The molecular weight excluding hydrogens is 458 g/mol. The van der Waals surface area contributed by atoms with Crippen LogP contribution in [0, 0.1) is 6.92 Å². The van der Waals surface area contributed by atoms with Gasteiger partial charge in [-0.05, 0) is 55.7 Å². The Kier molecular flexibility index (Phi) is 6.09. The number of sulfonamides is 1. The monoisotopic (exact) mass is 487 g/mol. The molecule has 1 fully saturated rings. The number of rotatable bonds is 4. The number of fused-ring (bicyclic) bond motifs is 3. The predicted molar refractivity (Wildman–Crippen MR) is 136 cm³/mol. The summed E-state index contributed by atoms with van der Waals surface area (Å²) in [5.74, 6) is -0.157. The Morgan fingerprint density at radius 2 is 1.60 bits per heavy atom. The number of aryl methyl sites for hydroxylation is 1. The quantitative estimate of drug-likeness (QED) is 0.507. The Balaban J connectivity index is 1.67. The highest BCUT2D eigenvalue weighted by atomic mass is 32.2. The van der Waals surface area contributed by atoms with Gasteiger partial charge < -0.3 is 0 Å². The molecule has 35 heavy (non-hydrogen) atoms. The molecule has 3 aromatic rings. The molecule has 0 aromatic heterocycles. The Morgan fingerprint density at radius 1 is 0.943 bits per heavy atom. The molecule has 5 rings (SSSR count). The van der Waals surface area contributed by atoms with Gasteiger partial charge in [-0.25, -0.2) is 8.42 Å². The fourth-order valence-electron chi connectivity index (χ4n) is 5.00. The number of amides is 1. The minimum atomic E-state index is -3.86. The molecule has 3 aromatic carbocycles. The van der Waals surface area contributed by atoms with Crippen molar-refractivity contribution >= 4 is 15.9 Å². The van der Waals surface area contributed by atoms with Crippen molar-refractivity contribution in [1.29, 1.82) is 0 Å². The zero-order chi connectivity index (χ0) is 24.7. The van der Waals surface area contributed by atoms with Crippen molar-refractivity contribution in [3.63, 3.8) is 0 Å². The van der Waals surface area contributed by atoms with Crippen LogP contribution < -0.4 is 0 Å². The summed E-state index contributed by atoms with van der Waals surface area (Å²) in [7, 11) is -3.86. The maximum Gasteiger partial charge on any atom is 0.268 e. The van der Waals surface area contributed by atoms with Crippen LogP contribution in [0.5, 0.6) is 0 Å². The summed E-state index contributed by atoms with van der Waals surface area (Å²) in [5, 5.41) is 3.66. The molecule has 0 aliphatic carbocycles. The number of carbonyl (C=O) groups excluding carboxylic acids is 1. The molecule has 0 spiro atoms. The molecule has 6 nitrogen and oxygen atoms in total. The van der Waals surface area contributed by atoms with Gasteiger partial charge in [0.05, 0.1) is 10.9 Å². The fraction of sp³-hybridized carbons (Fsp3) is 0.250. The van der Waals surface area contributed by atoms with Crippen molar-refractivity contribution in [1.82, 2.24) is 14.3 Å². The predicted octanol–water partition coefficient (Wildman–Crippen LogP) is 4.56. The van der Waals surface area contributed by atoms with Crippen LogP contribution in [0.15, 0.2) is 95.9 Å². The van der Waals surface area contributed by atoms with Gasteiger partial charge in [0, 0.05) is 18.7 Å². The van der Waals surface area contributed by atoms with Crippen molar-refractivity contribution in [2.45, 2.75) is 37.4 Å². The lowest BCUT2D eigenvalue weighted by Crippen LogP contribution is -2.67. The number of hydrogen-bond acceptors (Lipinski definition) is 4. The molecule has 2 aliphatic rings. The average molecular weight is 488 g/mol. The minimum absolute atomic E-state index is 0.125. The number of hydrazine groups is 1. The summed E-state index contributed by atoms with van der Waals surface area (Å²) in [6.07, 6.45) is 0.0848.